The Balaban J connectivity index is 2.71. The Kier molecular flexibility index (Phi) is 3.03. The molecular weight excluding hydrogens is 168 g/mol. The molecule has 1 unspecified atom stereocenters. The minimum Gasteiger partial charge on any atom is -0.368 e. The molecule has 0 aliphatic carbocycles. The van der Waals surface area contributed by atoms with Crippen molar-refractivity contribution in [2.24, 2.45) is 4.99 Å². The highest BCUT2D eigenvalue weighted by molar-refractivity contribution is 6.07. The number of nitrogens with zero attached hydrogens (tertiary/aromatic N) is 1. The highest BCUT2D eigenvalue weighted by Gasteiger charge is 2.33. The summed E-state index contributed by atoms with van der Waals surface area (Å²) in [7, 11) is 0. The van der Waals surface area contributed by atoms with Crippen molar-refractivity contribution in [3.8, 4) is 0 Å². The first kappa shape index (κ1) is 10.2. The summed E-state index contributed by atoms with van der Waals surface area (Å²) in [5.41, 5.74) is -0.430. The van der Waals surface area contributed by atoms with Crippen LogP contribution in [0.25, 0.3) is 0 Å². The zero-order valence-corrected chi connectivity index (χ0v) is 8.39. The van der Waals surface area contributed by atoms with Gasteiger partial charge in [-0.15, -0.1) is 0 Å². The summed E-state index contributed by atoms with van der Waals surface area (Å²) in [6, 6.07) is 0. The highest BCUT2D eigenvalue weighted by Crippen LogP contribution is 2.17. The topological polar surface area (TPSA) is 50.7 Å². The summed E-state index contributed by atoms with van der Waals surface area (Å²) < 4.78 is 5.57. The van der Waals surface area contributed by atoms with Crippen molar-refractivity contribution < 1.29 is 9.53 Å². The Labute approximate surface area is 78.4 Å². The molecule has 0 radical (unpaired) electrons. The van der Waals surface area contributed by atoms with E-state index in [-0.39, 0.29) is 12.5 Å². The molecule has 0 spiro atoms. The van der Waals surface area contributed by atoms with Crippen LogP contribution in [0, 0.1) is 0 Å². The Morgan fingerprint density at radius 1 is 1.62 bits per heavy atom. The number of ether oxygens (including phenoxy) is 1. The zero-order valence-electron chi connectivity index (χ0n) is 8.39. The lowest BCUT2D eigenvalue weighted by Crippen LogP contribution is -2.45. The normalized spacial score (nSPS) is 20.8. The fourth-order valence-electron chi connectivity index (χ4n) is 1.32. The van der Waals surface area contributed by atoms with E-state index >= 15 is 0 Å². The minimum absolute atomic E-state index is 0.0469. The van der Waals surface area contributed by atoms with Gasteiger partial charge in [-0.25, -0.2) is 0 Å². The minimum atomic E-state index is -0.430. The molecule has 1 heterocycles. The maximum atomic E-state index is 10.9. The van der Waals surface area contributed by atoms with Crippen molar-refractivity contribution >= 4 is 11.7 Å². The molecule has 0 saturated carbocycles. The molecule has 0 aromatic carbocycles. The third kappa shape index (κ3) is 2.06. The zero-order chi connectivity index (χ0) is 9.90. The van der Waals surface area contributed by atoms with E-state index < -0.39 is 5.60 Å². The quantitative estimate of drug-likeness (QED) is 0.700. The molecule has 0 saturated heterocycles. The van der Waals surface area contributed by atoms with Crippen LogP contribution in [-0.4, -0.2) is 30.5 Å². The van der Waals surface area contributed by atoms with Crippen molar-refractivity contribution in [3.05, 3.63) is 0 Å². The smallest absolute Gasteiger partial charge is 0.247 e. The monoisotopic (exact) mass is 184 g/mol. The number of rotatable bonds is 4. The summed E-state index contributed by atoms with van der Waals surface area (Å²) >= 11 is 0. The fraction of sp³-hybridized carbons (Fsp3) is 0.778. The number of amides is 1. The number of aliphatic imine (C=N–C) groups is 1. The van der Waals surface area contributed by atoms with Crippen LogP contribution >= 0.6 is 0 Å². The summed E-state index contributed by atoms with van der Waals surface area (Å²) in [4.78, 5) is 15.0. The standard InChI is InChI=1S/C9H16N2O2/c1-4-9(3,13-5-2)8-10-6-7(12)11-8/h4-6H2,1-3H3,(H,10,11,12). The SMILES string of the molecule is CCOC(C)(CC)C1=NCC(=O)N1. The van der Waals surface area contributed by atoms with Crippen LogP contribution in [0.4, 0.5) is 0 Å². The molecule has 4 nitrogen and oxygen atoms in total. The average Bonchev–Trinajstić information content (AvgIpc) is 2.52. The Bertz CT molecular complexity index is 238. The summed E-state index contributed by atoms with van der Waals surface area (Å²) in [5.74, 6) is 0.622. The third-order valence-electron chi connectivity index (χ3n) is 2.28. The molecule has 0 aromatic heterocycles. The number of carbonyl (C=O) groups is 1. The fourth-order valence-corrected chi connectivity index (χ4v) is 1.32. The second kappa shape index (κ2) is 3.87. The first-order valence-electron chi connectivity index (χ1n) is 4.61. The van der Waals surface area contributed by atoms with Gasteiger partial charge in [0.2, 0.25) is 5.91 Å². The summed E-state index contributed by atoms with van der Waals surface area (Å²) in [6.07, 6.45) is 0.806. The molecule has 0 fully saturated rings. The average molecular weight is 184 g/mol. The molecule has 1 aliphatic rings. The highest BCUT2D eigenvalue weighted by atomic mass is 16.5. The predicted octanol–water partition coefficient (Wildman–Crippen LogP) is 0.720. The lowest BCUT2D eigenvalue weighted by atomic mass is 10.0. The van der Waals surface area contributed by atoms with Gasteiger partial charge in [0.05, 0.1) is 0 Å². The van der Waals surface area contributed by atoms with Crippen LogP contribution in [0.1, 0.15) is 27.2 Å². The molecule has 1 N–H and O–H groups in total. The maximum Gasteiger partial charge on any atom is 0.247 e. The number of carbonyl (C=O) groups excluding carboxylic acids is 1. The van der Waals surface area contributed by atoms with Gasteiger partial charge in [-0.1, -0.05) is 6.92 Å². The first-order valence-corrected chi connectivity index (χ1v) is 4.61. The van der Waals surface area contributed by atoms with Gasteiger partial charge in [0.1, 0.15) is 18.0 Å². The lowest BCUT2D eigenvalue weighted by molar-refractivity contribution is -0.117. The second-order valence-electron chi connectivity index (χ2n) is 3.23. The molecule has 1 aliphatic heterocycles. The van der Waals surface area contributed by atoms with Gasteiger partial charge < -0.3 is 10.1 Å². The van der Waals surface area contributed by atoms with E-state index in [2.05, 4.69) is 10.3 Å². The van der Waals surface area contributed by atoms with E-state index in [1.807, 2.05) is 20.8 Å². The molecule has 1 rings (SSSR count). The summed E-state index contributed by atoms with van der Waals surface area (Å²) in [6.45, 7) is 6.76. The third-order valence-corrected chi connectivity index (χ3v) is 2.28. The van der Waals surface area contributed by atoms with Gasteiger partial charge in [-0.3, -0.25) is 9.79 Å². The van der Waals surface area contributed by atoms with Crippen LogP contribution in [0.5, 0.6) is 0 Å². The van der Waals surface area contributed by atoms with E-state index in [0.29, 0.717) is 12.4 Å². The molecule has 1 atom stereocenters. The molecular formula is C9H16N2O2. The lowest BCUT2D eigenvalue weighted by Gasteiger charge is -2.27. The van der Waals surface area contributed by atoms with E-state index in [9.17, 15) is 4.79 Å². The Morgan fingerprint density at radius 3 is 2.69 bits per heavy atom. The van der Waals surface area contributed by atoms with Crippen LogP contribution in [0.15, 0.2) is 4.99 Å². The van der Waals surface area contributed by atoms with E-state index in [4.69, 9.17) is 4.74 Å². The first-order chi connectivity index (χ1) is 6.12. The van der Waals surface area contributed by atoms with Gasteiger partial charge in [-0.05, 0) is 20.3 Å². The molecule has 1 amide bonds. The summed E-state index contributed by atoms with van der Waals surface area (Å²) in [5, 5.41) is 2.72. The van der Waals surface area contributed by atoms with Crippen LogP contribution in [0.3, 0.4) is 0 Å². The molecule has 74 valence electrons. The van der Waals surface area contributed by atoms with Gasteiger partial charge in [0.25, 0.3) is 0 Å². The second-order valence-corrected chi connectivity index (χ2v) is 3.23. The number of nitrogens with one attached hydrogen (secondary N) is 1. The van der Waals surface area contributed by atoms with E-state index in [1.54, 1.807) is 0 Å². The van der Waals surface area contributed by atoms with Gasteiger partial charge in [0.15, 0.2) is 0 Å². The Morgan fingerprint density at radius 2 is 2.31 bits per heavy atom. The van der Waals surface area contributed by atoms with Crippen molar-refractivity contribution in [1.82, 2.24) is 5.32 Å². The largest absolute Gasteiger partial charge is 0.368 e. The van der Waals surface area contributed by atoms with Crippen LogP contribution in [0.2, 0.25) is 0 Å². The van der Waals surface area contributed by atoms with Crippen molar-refractivity contribution in [1.29, 1.82) is 0 Å². The maximum absolute atomic E-state index is 10.9. The van der Waals surface area contributed by atoms with Crippen molar-refractivity contribution in [2.75, 3.05) is 13.2 Å². The van der Waals surface area contributed by atoms with Crippen molar-refractivity contribution in [3.63, 3.8) is 0 Å². The molecule has 13 heavy (non-hydrogen) atoms. The van der Waals surface area contributed by atoms with Crippen LogP contribution < -0.4 is 5.32 Å². The van der Waals surface area contributed by atoms with E-state index in [0.717, 1.165) is 6.42 Å². The Hall–Kier alpha value is -0.900. The van der Waals surface area contributed by atoms with Gasteiger partial charge >= 0.3 is 0 Å². The number of amidine groups is 1. The molecule has 0 aromatic rings. The molecule has 4 heteroatoms. The van der Waals surface area contributed by atoms with Gasteiger partial charge in [0, 0.05) is 6.61 Å². The van der Waals surface area contributed by atoms with Crippen molar-refractivity contribution in [2.45, 2.75) is 32.8 Å². The number of hydrogen-bond donors (Lipinski definition) is 1. The van der Waals surface area contributed by atoms with Gasteiger partial charge in [-0.2, -0.15) is 0 Å². The number of hydrogen-bond acceptors (Lipinski definition) is 3. The molecule has 0 bridgehead atoms. The van der Waals surface area contributed by atoms with Crippen LogP contribution in [-0.2, 0) is 9.53 Å². The van der Waals surface area contributed by atoms with E-state index in [1.165, 1.54) is 0 Å². The predicted molar refractivity (Wildman–Crippen MR) is 50.8 cm³/mol.